The topological polar surface area (TPSA) is 71.3 Å². The van der Waals surface area contributed by atoms with Gasteiger partial charge < -0.3 is 14.8 Å². The van der Waals surface area contributed by atoms with Crippen molar-refractivity contribution in [2.75, 3.05) is 12.4 Å². The number of halogens is 3. The van der Waals surface area contributed by atoms with Crippen LogP contribution in [0.1, 0.15) is 16.7 Å². The Morgan fingerprint density at radius 2 is 1.82 bits per heavy atom. The van der Waals surface area contributed by atoms with Crippen LogP contribution < -0.4 is 14.8 Å². The fourth-order valence-electron chi connectivity index (χ4n) is 2.85. The highest BCUT2D eigenvalue weighted by atomic mass is 35.5. The molecule has 0 fully saturated rings. The van der Waals surface area contributed by atoms with Crippen molar-refractivity contribution >= 4 is 52.5 Å². The van der Waals surface area contributed by atoms with Crippen LogP contribution in [-0.2, 0) is 11.4 Å². The zero-order valence-electron chi connectivity index (χ0n) is 17.8. The highest BCUT2D eigenvalue weighted by molar-refractivity contribution is 6.42. The van der Waals surface area contributed by atoms with Gasteiger partial charge in [0.15, 0.2) is 0 Å². The number of rotatable bonds is 7. The van der Waals surface area contributed by atoms with E-state index in [4.69, 9.17) is 44.3 Å². The first-order valence-electron chi connectivity index (χ1n) is 9.74. The van der Waals surface area contributed by atoms with E-state index in [9.17, 15) is 10.1 Å². The normalized spacial score (nSPS) is 11.0. The fraction of sp³-hybridized carbons (Fsp3) is 0.120. The fourth-order valence-corrected chi connectivity index (χ4v) is 3.35. The Hall–Kier alpha value is -3.17. The molecule has 0 atom stereocenters. The summed E-state index contributed by atoms with van der Waals surface area (Å²) in [6, 6.07) is 17.3. The third-order valence-electron chi connectivity index (χ3n) is 4.69. The van der Waals surface area contributed by atoms with Crippen LogP contribution in [0.4, 0.5) is 5.69 Å². The van der Waals surface area contributed by atoms with Gasteiger partial charge in [0.25, 0.3) is 5.91 Å². The summed E-state index contributed by atoms with van der Waals surface area (Å²) in [4.78, 5) is 12.7. The van der Waals surface area contributed by atoms with Crippen LogP contribution in [0.3, 0.4) is 0 Å². The molecule has 0 aromatic heterocycles. The second-order valence-corrected chi connectivity index (χ2v) is 8.25. The monoisotopic (exact) mass is 500 g/mol. The van der Waals surface area contributed by atoms with E-state index in [-0.39, 0.29) is 12.2 Å². The van der Waals surface area contributed by atoms with Crippen molar-refractivity contribution in [3.05, 3.63) is 91.9 Å². The predicted molar refractivity (Wildman–Crippen MR) is 132 cm³/mol. The summed E-state index contributed by atoms with van der Waals surface area (Å²) in [5, 5.41) is 13.7. The van der Waals surface area contributed by atoms with Crippen molar-refractivity contribution in [2.45, 2.75) is 13.5 Å². The van der Waals surface area contributed by atoms with Gasteiger partial charge in [-0.05, 0) is 60.5 Å². The number of benzene rings is 3. The van der Waals surface area contributed by atoms with Gasteiger partial charge in [-0.15, -0.1) is 0 Å². The predicted octanol–water partition coefficient (Wildman–Crippen LogP) is 7.09. The van der Waals surface area contributed by atoms with Gasteiger partial charge in [0.05, 0.1) is 17.2 Å². The Balaban J connectivity index is 1.86. The lowest BCUT2D eigenvalue weighted by molar-refractivity contribution is -0.112. The number of carbonyl (C=O) groups excluding carboxylic acids is 1. The molecule has 0 heterocycles. The average Bonchev–Trinajstić information content (AvgIpc) is 2.80. The largest absolute Gasteiger partial charge is 0.497 e. The SMILES string of the molecule is COc1ccc(/C=C(\C#N)C(=O)Nc2ccc(C)c(Cl)c2)c(OCc2ccc(Cl)c(Cl)c2)c1. The van der Waals surface area contributed by atoms with Crippen LogP contribution in [0.5, 0.6) is 11.5 Å². The molecule has 0 aliphatic rings. The molecule has 3 aromatic carbocycles. The van der Waals surface area contributed by atoms with Gasteiger partial charge in [0.2, 0.25) is 0 Å². The minimum atomic E-state index is -0.566. The number of methoxy groups -OCH3 is 1. The molecule has 0 aliphatic carbocycles. The summed E-state index contributed by atoms with van der Waals surface area (Å²) in [7, 11) is 1.54. The Morgan fingerprint density at radius 3 is 2.48 bits per heavy atom. The summed E-state index contributed by atoms with van der Waals surface area (Å²) >= 11 is 18.2. The first-order valence-corrected chi connectivity index (χ1v) is 10.9. The van der Waals surface area contributed by atoms with Crippen molar-refractivity contribution in [1.29, 1.82) is 5.26 Å². The lowest BCUT2D eigenvalue weighted by atomic mass is 10.1. The maximum absolute atomic E-state index is 12.7. The van der Waals surface area contributed by atoms with Gasteiger partial charge in [-0.1, -0.05) is 46.9 Å². The summed E-state index contributed by atoms with van der Waals surface area (Å²) in [5.74, 6) is 0.427. The minimum absolute atomic E-state index is 0.101. The van der Waals surface area contributed by atoms with E-state index < -0.39 is 5.91 Å². The molecule has 0 unspecified atom stereocenters. The number of hydrogen-bond acceptors (Lipinski definition) is 4. The summed E-state index contributed by atoms with van der Waals surface area (Å²) in [6.45, 7) is 2.05. The van der Waals surface area contributed by atoms with Crippen molar-refractivity contribution in [1.82, 2.24) is 0 Å². The molecule has 168 valence electrons. The van der Waals surface area contributed by atoms with E-state index in [1.54, 1.807) is 54.6 Å². The number of aryl methyl sites for hydroxylation is 1. The summed E-state index contributed by atoms with van der Waals surface area (Å²) in [6.07, 6.45) is 1.45. The molecule has 0 aliphatic heterocycles. The quantitative estimate of drug-likeness (QED) is 0.277. The molecule has 1 amide bonds. The van der Waals surface area contributed by atoms with Crippen LogP contribution in [0, 0.1) is 18.3 Å². The van der Waals surface area contributed by atoms with Crippen molar-refractivity contribution in [3.63, 3.8) is 0 Å². The number of ether oxygens (including phenoxy) is 2. The Labute approximate surface area is 207 Å². The Morgan fingerprint density at radius 1 is 1.03 bits per heavy atom. The molecule has 5 nitrogen and oxygen atoms in total. The van der Waals surface area contributed by atoms with Gasteiger partial charge in [0.1, 0.15) is 29.7 Å². The first-order chi connectivity index (χ1) is 15.8. The molecule has 0 bridgehead atoms. The highest BCUT2D eigenvalue weighted by Gasteiger charge is 2.13. The van der Waals surface area contributed by atoms with Crippen LogP contribution in [0.15, 0.2) is 60.2 Å². The number of anilines is 1. The van der Waals surface area contributed by atoms with Crippen molar-refractivity contribution in [2.24, 2.45) is 0 Å². The van der Waals surface area contributed by atoms with E-state index in [1.165, 1.54) is 13.2 Å². The summed E-state index contributed by atoms with van der Waals surface area (Å²) < 4.78 is 11.2. The third kappa shape index (κ3) is 6.43. The minimum Gasteiger partial charge on any atom is -0.497 e. The number of carbonyl (C=O) groups is 1. The number of amides is 1. The second kappa shape index (κ2) is 11.1. The van der Waals surface area contributed by atoms with Gasteiger partial charge in [-0.2, -0.15) is 5.26 Å². The van der Waals surface area contributed by atoms with E-state index >= 15 is 0 Å². The van der Waals surface area contributed by atoms with Crippen molar-refractivity contribution < 1.29 is 14.3 Å². The molecular weight excluding hydrogens is 483 g/mol. The summed E-state index contributed by atoms with van der Waals surface area (Å²) in [5.41, 5.74) is 2.60. The Kier molecular flexibility index (Phi) is 8.24. The molecule has 3 aromatic rings. The molecule has 33 heavy (non-hydrogen) atoms. The van der Waals surface area contributed by atoms with Crippen LogP contribution in [0.2, 0.25) is 15.1 Å². The molecule has 0 spiro atoms. The van der Waals surface area contributed by atoms with E-state index in [1.807, 2.05) is 13.0 Å². The third-order valence-corrected chi connectivity index (χ3v) is 5.84. The number of nitriles is 1. The van der Waals surface area contributed by atoms with Gasteiger partial charge in [-0.3, -0.25) is 4.79 Å². The zero-order valence-corrected chi connectivity index (χ0v) is 20.1. The molecule has 0 saturated heterocycles. The van der Waals surface area contributed by atoms with Crippen molar-refractivity contribution in [3.8, 4) is 17.6 Å². The van der Waals surface area contributed by atoms with Crippen LogP contribution in [-0.4, -0.2) is 13.0 Å². The van der Waals surface area contributed by atoms with Crippen LogP contribution in [0.25, 0.3) is 6.08 Å². The lowest BCUT2D eigenvalue weighted by Gasteiger charge is -2.12. The molecule has 8 heteroatoms. The maximum atomic E-state index is 12.7. The lowest BCUT2D eigenvalue weighted by Crippen LogP contribution is -2.13. The molecule has 3 rings (SSSR count). The molecule has 0 radical (unpaired) electrons. The second-order valence-electron chi connectivity index (χ2n) is 7.03. The standard InChI is InChI=1S/C25H19Cl3N2O3/c1-15-3-6-19(11-22(15)27)30-25(31)18(13-29)10-17-5-7-20(32-2)12-24(17)33-14-16-4-8-21(26)23(28)9-16/h3-12H,14H2,1-2H3,(H,30,31)/b18-10+. The van der Waals surface area contributed by atoms with Gasteiger partial charge in [0, 0.05) is 22.3 Å². The average molecular weight is 502 g/mol. The van der Waals surface area contributed by atoms with E-state index in [0.717, 1.165) is 11.1 Å². The highest BCUT2D eigenvalue weighted by Crippen LogP contribution is 2.29. The Bertz CT molecular complexity index is 1270. The first kappa shape index (κ1) is 24.5. The number of nitrogens with one attached hydrogen (secondary N) is 1. The van der Waals surface area contributed by atoms with E-state index in [2.05, 4.69) is 5.32 Å². The zero-order chi connectivity index (χ0) is 24.0. The number of nitrogens with zero attached hydrogens (tertiary/aromatic N) is 1. The number of hydrogen-bond donors (Lipinski definition) is 1. The van der Waals surface area contributed by atoms with E-state index in [0.29, 0.717) is 37.8 Å². The van der Waals surface area contributed by atoms with Crippen LogP contribution >= 0.6 is 34.8 Å². The molecule has 0 saturated carbocycles. The molecular formula is C25H19Cl3N2O3. The van der Waals surface area contributed by atoms with Gasteiger partial charge >= 0.3 is 0 Å². The smallest absolute Gasteiger partial charge is 0.266 e. The molecule has 1 N–H and O–H groups in total. The maximum Gasteiger partial charge on any atom is 0.266 e. The van der Waals surface area contributed by atoms with Gasteiger partial charge in [-0.25, -0.2) is 0 Å².